The first kappa shape index (κ1) is 15.6. The van der Waals surface area contributed by atoms with Gasteiger partial charge < -0.3 is 9.64 Å². The lowest BCUT2D eigenvalue weighted by Crippen LogP contribution is -2.38. The molecule has 0 unspecified atom stereocenters. The number of benzene rings is 1. The van der Waals surface area contributed by atoms with E-state index < -0.39 is 10.0 Å². The number of nitrogens with one attached hydrogen (secondary N) is 1. The highest BCUT2D eigenvalue weighted by Gasteiger charge is 2.33. The summed E-state index contributed by atoms with van der Waals surface area (Å²) in [5.74, 6) is 0.888. The summed E-state index contributed by atoms with van der Waals surface area (Å²) in [7, 11) is -3.56. The Morgan fingerprint density at radius 3 is 2.73 bits per heavy atom. The Bertz CT molecular complexity index is 637. The van der Waals surface area contributed by atoms with E-state index >= 15 is 0 Å². The average molecular weight is 324 g/mol. The fraction of sp³-hybridized carbons (Fsp3) is 0.625. The van der Waals surface area contributed by atoms with Crippen LogP contribution in [0, 0.1) is 5.92 Å². The van der Waals surface area contributed by atoms with Crippen LogP contribution in [0.1, 0.15) is 33.1 Å². The molecule has 0 bridgehead atoms. The van der Waals surface area contributed by atoms with Crippen LogP contribution in [-0.2, 0) is 10.0 Å². The topological polar surface area (TPSA) is 58.6 Å². The van der Waals surface area contributed by atoms with Gasteiger partial charge in [0.1, 0.15) is 17.3 Å². The number of nitrogens with zero attached hydrogens (tertiary/aromatic N) is 1. The Balaban J connectivity index is 1.99. The van der Waals surface area contributed by atoms with Crippen LogP contribution in [-0.4, -0.2) is 34.2 Å². The molecule has 1 aromatic carbocycles. The molecule has 1 N–H and O–H groups in total. The molecule has 2 heterocycles. The molecule has 6 heteroatoms. The second-order valence-corrected chi connectivity index (χ2v) is 8.21. The van der Waals surface area contributed by atoms with E-state index in [2.05, 4.69) is 23.5 Å². The van der Waals surface area contributed by atoms with E-state index in [-0.39, 0.29) is 6.04 Å². The molecule has 3 rings (SSSR count). The highest BCUT2D eigenvalue weighted by molar-refractivity contribution is 7.89. The summed E-state index contributed by atoms with van der Waals surface area (Å²) >= 11 is 0. The maximum atomic E-state index is 12.8. The lowest BCUT2D eigenvalue weighted by Gasteiger charge is -2.22. The molecule has 0 saturated carbocycles. The van der Waals surface area contributed by atoms with Crippen LogP contribution in [0.5, 0.6) is 5.75 Å². The highest BCUT2D eigenvalue weighted by atomic mass is 32.2. The summed E-state index contributed by atoms with van der Waals surface area (Å²) < 4.78 is 34.3. The van der Waals surface area contributed by atoms with Crippen molar-refractivity contribution in [3.63, 3.8) is 0 Å². The minimum atomic E-state index is -3.56. The molecule has 2 aliphatic heterocycles. The van der Waals surface area contributed by atoms with Crippen LogP contribution >= 0.6 is 0 Å². The van der Waals surface area contributed by atoms with Crippen LogP contribution in [0.3, 0.4) is 0 Å². The molecule has 1 fully saturated rings. The fourth-order valence-corrected chi connectivity index (χ4v) is 4.87. The van der Waals surface area contributed by atoms with E-state index in [1.54, 1.807) is 6.07 Å². The predicted molar refractivity (Wildman–Crippen MR) is 86.9 cm³/mol. The lowest BCUT2D eigenvalue weighted by atomic mass is 10.1. The maximum absolute atomic E-state index is 12.8. The molecule has 5 nitrogen and oxygen atoms in total. The highest BCUT2D eigenvalue weighted by Crippen LogP contribution is 2.37. The van der Waals surface area contributed by atoms with Gasteiger partial charge in [0.2, 0.25) is 10.0 Å². The number of ether oxygens (including phenoxy) is 1. The Morgan fingerprint density at radius 2 is 2.05 bits per heavy atom. The second kappa shape index (κ2) is 6.08. The number of rotatable bonds is 3. The van der Waals surface area contributed by atoms with Crippen molar-refractivity contribution in [2.24, 2.45) is 5.92 Å². The third-order valence-corrected chi connectivity index (χ3v) is 5.78. The first-order valence-corrected chi connectivity index (χ1v) is 9.49. The number of sulfonamides is 1. The summed E-state index contributed by atoms with van der Waals surface area (Å²) in [4.78, 5) is 2.45. The van der Waals surface area contributed by atoms with E-state index in [1.165, 1.54) is 0 Å². The van der Waals surface area contributed by atoms with Gasteiger partial charge in [-0.1, -0.05) is 19.9 Å². The first-order valence-electron chi connectivity index (χ1n) is 8.00. The summed E-state index contributed by atoms with van der Waals surface area (Å²) in [5, 5.41) is 0. The summed E-state index contributed by atoms with van der Waals surface area (Å²) in [5.41, 5.74) is 0.771. The molecule has 0 aliphatic carbocycles. The van der Waals surface area contributed by atoms with Gasteiger partial charge in [0.05, 0.1) is 11.7 Å². The monoisotopic (exact) mass is 324 g/mol. The first-order chi connectivity index (χ1) is 10.5. The predicted octanol–water partition coefficient (Wildman–Crippen LogP) is 2.37. The average Bonchev–Trinajstić information content (AvgIpc) is 2.93. The van der Waals surface area contributed by atoms with Gasteiger partial charge in [0.15, 0.2) is 0 Å². The molecule has 1 atom stereocenters. The van der Waals surface area contributed by atoms with Crippen molar-refractivity contribution in [1.29, 1.82) is 0 Å². The molecule has 0 aromatic heterocycles. The molecule has 1 aromatic rings. The van der Waals surface area contributed by atoms with Crippen molar-refractivity contribution in [3.8, 4) is 5.75 Å². The molecule has 1 saturated heterocycles. The Morgan fingerprint density at radius 1 is 1.32 bits per heavy atom. The third kappa shape index (κ3) is 3.08. The van der Waals surface area contributed by atoms with Crippen molar-refractivity contribution in [2.75, 3.05) is 24.6 Å². The van der Waals surface area contributed by atoms with Gasteiger partial charge in [-0.2, -0.15) is 0 Å². The Hall–Kier alpha value is -1.27. The number of fused-ring (bicyclic) bond motifs is 1. The van der Waals surface area contributed by atoms with Crippen LogP contribution < -0.4 is 14.4 Å². The van der Waals surface area contributed by atoms with Crippen LogP contribution in [0.2, 0.25) is 0 Å². The van der Waals surface area contributed by atoms with E-state index in [4.69, 9.17) is 4.74 Å². The molecular weight excluding hydrogens is 300 g/mol. The van der Waals surface area contributed by atoms with E-state index in [0.29, 0.717) is 23.2 Å². The number of hydrogen-bond donors (Lipinski definition) is 1. The van der Waals surface area contributed by atoms with Crippen LogP contribution in [0.4, 0.5) is 5.69 Å². The van der Waals surface area contributed by atoms with Crippen molar-refractivity contribution >= 4 is 15.7 Å². The standard InChI is InChI=1S/C16H24N2O3S/c1-12(2)10-13-11-21-15-7-5-6-14(18-8-3-4-9-18)16(15)22(19,20)17-13/h5-7,12-13,17H,3-4,8-11H2,1-2H3/t13-/m0/s1. The lowest BCUT2D eigenvalue weighted by molar-refractivity contribution is 0.262. The largest absolute Gasteiger partial charge is 0.490 e. The van der Waals surface area contributed by atoms with Crippen molar-refractivity contribution in [1.82, 2.24) is 4.72 Å². The summed E-state index contributed by atoms with van der Waals surface area (Å²) in [6.07, 6.45) is 2.98. The number of anilines is 1. The SMILES string of the molecule is CC(C)C[C@H]1COc2cccc(N3CCCC3)c2S(=O)(=O)N1. The van der Waals surface area contributed by atoms with Crippen LogP contribution in [0.15, 0.2) is 23.1 Å². The normalized spacial score (nSPS) is 24.0. The number of hydrogen-bond acceptors (Lipinski definition) is 4. The van der Waals surface area contributed by atoms with Gasteiger partial charge in [0, 0.05) is 13.1 Å². The fourth-order valence-electron chi connectivity index (χ4n) is 3.28. The van der Waals surface area contributed by atoms with E-state index in [0.717, 1.165) is 38.0 Å². The van der Waals surface area contributed by atoms with Gasteiger partial charge >= 0.3 is 0 Å². The van der Waals surface area contributed by atoms with Gasteiger partial charge in [0.25, 0.3) is 0 Å². The Labute approximate surface area is 132 Å². The molecule has 0 spiro atoms. The minimum absolute atomic E-state index is 0.177. The van der Waals surface area contributed by atoms with Gasteiger partial charge in [-0.3, -0.25) is 0 Å². The Kier molecular flexibility index (Phi) is 4.32. The van der Waals surface area contributed by atoms with Crippen molar-refractivity contribution in [2.45, 2.75) is 44.0 Å². The smallest absolute Gasteiger partial charge is 0.246 e. The van der Waals surface area contributed by atoms with E-state index in [1.807, 2.05) is 12.1 Å². The third-order valence-electron chi connectivity index (χ3n) is 4.19. The summed E-state index contributed by atoms with van der Waals surface area (Å²) in [6.45, 7) is 6.36. The molecule has 2 aliphatic rings. The zero-order valence-corrected chi connectivity index (χ0v) is 14.0. The molecular formula is C16H24N2O3S. The van der Waals surface area contributed by atoms with Crippen molar-refractivity contribution in [3.05, 3.63) is 18.2 Å². The molecule has 122 valence electrons. The molecule has 22 heavy (non-hydrogen) atoms. The van der Waals surface area contributed by atoms with E-state index in [9.17, 15) is 8.42 Å². The zero-order valence-electron chi connectivity index (χ0n) is 13.2. The van der Waals surface area contributed by atoms with Crippen LogP contribution in [0.25, 0.3) is 0 Å². The van der Waals surface area contributed by atoms with Gasteiger partial charge in [-0.05, 0) is 37.3 Å². The second-order valence-electron chi connectivity index (χ2n) is 6.56. The van der Waals surface area contributed by atoms with Crippen molar-refractivity contribution < 1.29 is 13.2 Å². The van der Waals surface area contributed by atoms with Gasteiger partial charge in [-0.15, -0.1) is 0 Å². The molecule has 0 radical (unpaired) electrons. The van der Waals surface area contributed by atoms with Gasteiger partial charge in [-0.25, -0.2) is 13.1 Å². The zero-order chi connectivity index (χ0) is 15.7. The molecule has 0 amide bonds. The summed E-state index contributed by atoms with van der Waals surface area (Å²) in [6, 6.07) is 5.34. The quantitative estimate of drug-likeness (QED) is 0.927. The minimum Gasteiger partial charge on any atom is -0.490 e. The maximum Gasteiger partial charge on any atom is 0.246 e.